The van der Waals surface area contributed by atoms with E-state index in [1.165, 1.54) is 83.6 Å². The summed E-state index contributed by atoms with van der Waals surface area (Å²) in [6.07, 6.45) is 16.5. The van der Waals surface area contributed by atoms with Crippen LogP contribution in [0.25, 0.3) is 0 Å². The van der Waals surface area contributed by atoms with Gasteiger partial charge >= 0.3 is 0 Å². The predicted molar refractivity (Wildman–Crippen MR) is 101 cm³/mol. The molecule has 3 nitrogen and oxygen atoms in total. The Morgan fingerprint density at radius 1 is 0.913 bits per heavy atom. The summed E-state index contributed by atoms with van der Waals surface area (Å²) in [5.74, 6) is 0. The highest BCUT2D eigenvalue weighted by Gasteiger charge is 2.19. The van der Waals surface area contributed by atoms with Crippen molar-refractivity contribution in [3.8, 4) is 0 Å². The third-order valence-electron chi connectivity index (χ3n) is 5.14. The van der Waals surface area contributed by atoms with Crippen molar-refractivity contribution in [3.05, 3.63) is 0 Å². The zero-order valence-corrected chi connectivity index (χ0v) is 16.0. The number of hydrogen-bond donors (Lipinski definition) is 1. The van der Waals surface area contributed by atoms with E-state index < -0.39 is 0 Å². The van der Waals surface area contributed by atoms with Crippen LogP contribution in [0.3, 0.4) is 0 Å². The van der Waals surface area contributed by atoms with Crippen LogP contribution in [0.1, 0.15) is 84.0 Å². The highest BCUT2D eigenvalue weighted by atomic mass is 16.5. The minimum absolute atomic E-state index is 0.811. The van der Waals surface area contributed by atoms with Crippen LogP contribution < -0.4 is 5.32 Å². The van der Waals surface area contributed by atoms with E-state index in [2.05, 4.69) is 24.2 Å². The third-order valence-corrected chi connectivity index (χ3v) is 5.14. The lowest BCUT2D eigenvalue weighted by molar-refractivity contribution is 0.131. The molecule has 3 heteroatoms. The largest absolute Gasteiger partial charge is 0.380 e. The average Bonchev–Trinajstić information content (AvgIpc) is 2.96. The molecule has 0 radical (unpaired) electrons. The van der Waals surface area contributed by atoms with E-state index in [-0.39, 0.29) is 0 Å². The quantitative estimate of drug-likeness (QED) is 0.419. The number of hydrogen-bond acceptors (Lipinski definition) is 3. The first-order chi connectivity index (χ1) is 11.3. The molecule has 1 aliphatic heterocycles. The second-order valence-electron chi connectivity index (χ2n) is 7.26. The first kappa shape index (κ1) is 20.9. The van der Waals surface area contributed by atoms with Crippen molar-refractivity contribution in [1.29, 1.82) is 0 Å². The second-order valence-corrected chi connectivity index (χ2v) is 7.26. The number of likely N-dealkylation sites (tertiary alicyclic amines) is 1. The zero-order valence-electron chi connectivity index (χ0n) is 16.0. The van der Waals surface area contributed by atoms with Crippen LogP contribution >= 0.6 is 0 Å². The van der Waals surface area contributed by atoms with Crippen LogP contribution in [0.4, 0.5) is 0 Å². The van der Waals surface area contributed by atoms with Gasteiger partial charge in [0, 0.05) is 19.2 Å². The maximum atomic E-state index is 5.71. The SMILES string of the molecule is CCCCCCCCCCCOCCNCCC1CCCN1C. The van der Waals surface area contributed by atoms with Gasteiger partial charge in [-0.15, -0.1) is 0 Å². The number of nitrogens with zero attached hydrogens (tertiary/aromatic N) is 1. The fraction of sp³-hybridized carbons (Fsp3) is 1.00. The van der Waals surface area contributed by atoms with Crippen molar-refractivity contribution < 1.29 is 4.74 Å². The lowest BCUT2D eigenvalue weighted by Gasteiger charge is -2.19. The molecule has 0 bridgehead atoms. The summed E-state index contributed by atoms with van der Waals surface area (Å²) in [5, 5.41) is 3.52. The maximum Gasteiger partial charge on any atom is 0.0590 e. The Bertz CT molecular complexity index is 248. The summed E-state index contributed by atoms with van der Waals surface area (Å²) in [6, 6.07) is 0.811. The second kappa shape index (κ2) is 15.4. The molecule has 0 aliphatic carbocycles. The van der Waals surface area contributed by atoms with Crippen LogP contribution in [-0.4, -0.2) is 50.8 Å². The van der Waals surface area contributed by atoms with E-state index in [9.17, 15) is 0 Å². The van der Waals surface area contributed by atoms with Crippen molar-refractivity contribution in [2.24, 2.45) is 0 Å². The Balaban J connectivity index is 1.68. The molecule has 23 heavy (non-hydrogen) atoms. The molecule has 1 aliphatic rings. The fourth-order valence-corrected chi connectivity index (χ4v) is 3.50. The van der Waals surface area contributed by atoms with Gasteiger partial charge in [-0.2, -0.15) is 0 Å². The summed E-state index contributed by atoms with van der Waals surface area (Å²) in [6.45, 7) is 7.53. The molecule has 0 aromatic rings. The first-order valence-electron chi connectivity index (χ1n) is 10.3. The Kier molecular flexibility index (Phi) is 14.0. The van der Waals surface area contributed by atoms with Gasteiger partial charge in [0.1, 0.15) is 0 Å². The molecular formula is C20H42N2O. The van der Waals surface area contributed by atoms with Gasteiger partial charge in [0.25, 0.3) is 0 Å². The first-order valence-corrected chi connectivity index (χ1v) is 10.3. The van der Waals surface area contributed by atoms with Crippen molar-refractivity contribution in [2.45, 2.75) is 90.0 Å². The van der Waals surface area contributed by atoms with Gasteiger partial charge in [-0.3, -0.25) is 0 Å². The third kappa shape index (κ3) is 12.0. The monoisotopic (exact) mass is 326 g/mol. The van der Waals surface area contributed by atoms with Gasteiger partial charge in [0.05, 0.1) is 6.61 Å². The zero-order chi connectivity index (χ0) is 16.6. The van der Waals surface area contributed by atoms with Gasteiger partial charge in [0.2, 0.25) is 0 Å². The summed E-state index contributed by atoms with van der Waals surface area (Å²) in [4.78, 5) is 2.50. The Hall–Kier alpha value is -0.120. The standard InChI is InChI=1S/C20H42N2O/c1-3-4-5-6-7-8-9-10-11-18-23-19-16-21-15-14-20-13-12-17-22(20)2/h20-21H,3-19H2,1-2H3. The number of rotatable bonds is 16. The number of unbranched alkanes of at least 4 members (excludes halogenated alkanes) is 8. The van der Waals surface area contributed by atoms with Crippen molar-refractivity contribution >= 4 is 0 Å². The molecule has 1 unspecified atom stereocenters. The van der Waals surface area contributed by atoms with Crippen molar-refractivity contribution in [2.75, 3.05) is 39.9 Å². The molecule has 1 heterocycles. The molecule has 1 atom stereocenters. The van der Waals surface area contributed by atoms with Crippen molar-refractivity contribution in [1.82, 2.24) is 10.2 Å². The number of ether oxygens (including phenoxy) is 1. The van der Waals surface area contributed by atoms with E-state index in [1.54, 1.807) is 0 Å². The summed E-state index contributed by atoms with van der Waals surface area (Å²) in [5.41, 5.74) is 0. The Morgan fingerprint density at radius 2 is 1.61 bits per heavy atom. The molecule has 0 aromatic carbocycles. The predicted octanol–water partition coefficient (Wildman–Crippen LogP) is 4.61. The van der Waals surface area contributed by atoms with Crippen LogP contribution in [0.15, 0.2) is 0 Å². The van der Waals surface area contributed by atoms with E-state index in [0.29, 0.717) is 0 Å². The molecule has 0 spiro atoms. The summed E-state index contributed by atoms with van der Waals surface area (Å²) < 4.78 is 5.71. The molecule has 138 valence electrons. The van der Waals surface area contributed by atoms with Crippen LogP contribution in [-0.2, 0) is 4.74 Å². The maximum absolute atomic E-state index is 5.71. The lowest BCUT2D eigenvalue weighted by Crippen LogP contribution is -2.30. The highest BCUT2D eigenvalue weighted by Crippen LogP contribution is 2.16. The van der Waals surface area contributed by atoms with Crippen LogP contribution in [0.5, 0.6) is 0 Å². The van der Waals surface area contributed by atoms with Gasteiger partial charge in [0.15, 0.2) is 0 Å². The minimum atomic E-state index is 0.811. The molecule has 1 N–H and O–H groups in total. The van der Waals surface area contributed by atoms with E-state index in [0.717, 1.165) is 32.3 Å². The van der Waals surface area contributed by atoms with Gasteiger partial charge in [-0.1, -0.05) is 58.3 Å². The van der Waals surface area contributed by atoms with E-state index >= 15 is 0 Å². The molecule has 1 rings (SSSR count). The van der Waals surface area contributed by atoms with E-state index in [1.807, 2.05) is 0 Å². The fourth-order valence-electron chi connectivity index (χ4n) is 3.50. The van der Waals surface area contributed by atoms with Gasteiger partial charge in [-0.25, -0.2) is 0 Å². The molecule has 0 saturated carbocycles. The average molecular weight is 327 g/mol. The van der Waals surface area contributed by atoms with Crippen molar-refractivity contribution in [3.63, 3.8) is 0 Å². The highest BCUT2D eigenvalue weighted by molar-refractivity contribution is 4.76. The number of nitrogens with one attached hydrogen (secondary N) is 1. The molecule has 0 amide bonds. The molecule has 1 saturated heterocycles. The van der Waals surface area contributed by atoms with Gasteiger partial charge in [-0.05, 0) is 45.8 Å². The summed E-state index contributed by atoms with van der Waals surface area (Å²) in [7, 11) is 2.26. The summed E-state index contributed by atoms with van der Waals surface area (Å²) >= 11 is 0. The molecular weight excluding hydrogens is 284 g/mol. The topological polar surface area (TPSA) is 24.5 Å². The Morgan fingerprint density at radius 3 is 2.26 bits per heavy atom. The van der Waals surface area contributed by atoms with E-state index in [4.69, 9.17) is 4.74 Å². The molecule has 0 aromatic heterocycles. The normalized spacial score (nSPS) is 18.8. The smallest absolute Gasteiger partial charge is 0.0590 e. The molecule has 1 fully saturated rings. The minimum Gasteiger partial charge on any atom is -0.380 e. The lowest BCUT2D eigenvalue weighted by atomic mass is 10.1. The van der Waals surface area contributed by atoms with Crippen LogP contribution in [0.2, 0.25) is 0 Å². The van der Waals surface area contributed by atoms with Gasteiger partial charge < -0.3 is 15.0 Å². The van der Waals surface area contributed by atoms with Crippen LogP contribution in [0, 0.1) is 0 Å². The Labute approximate surface area is 145 Å².